The van der Waals surface area contributed by atoms with E-state index < -0.39 is 0 Å². The molecule has 0 N–H and O–H groups in total. The van der Waals surface area contributed by atoms with Crippen LogP contribution in [0.4, 0.5) is 17.1 Å². The van der Waals surface area contributed by atoms with Crippen LogP contribution < -0.4 is 16.2 Å². The van der Waals surface area contributed by atoms with E-state index in [0.29, 0.717) is 22.3 Å². The minimum atomic E-state index is -0.378. The number of para-hydroxylation sites is 1. The molecule has 0 radical (unpaired) electrons. The number of hydrogen-bond donors (Lipinski definition) is 0. The average Bonchev–Trinajstić information content (AvgIpc) is 3.15. The predicted octanol–water partition coefficient (Wildman–Crippen LogP) is 11.0. The van der Waals surface area contributed by atoms with Crippen molar-refractivity contribution in [1.29, 1.82) is 0 Å². The number of anilines is 3. The average molecular weight is 634 g/mol. The zero-order chi connectivity index (χ0) is 32.9. The van der Waals surface area contributed by atoms with Crippen molar-refractivity contribution in [3.8, 4) is 22.3 Å². The lowest BCUT2D eigenvalue weighted by Gasteiger charge is -2.25. The molecule has 0 atom stereocenters. The third kappa shape index (κ3) is 4.96. The molecule has 0 aliphatic rings. The molecule has 0 spiro atoms. The van der Waals surface area contributed by atoms with Crippen molar-refractivity contribution < 1.29 is 8.83 Å². The quantitative estimate of drug-likeness (QED) is 0.139. The van der Waals surface area contributed by atoms with Gasteiger partial charge in [-0.1, -0.05) is 103 Å². The fraction of sp³-hybridized carbons (Fsp3) is 0. The van der Waals surface area contributed by atoms with Gasteiger partial charge in [0.15, 0.2) is 0 Å². The second-order valence-electron chi connectivity index (χ2n) is 12.1. The highest BCUT2D eigenvalue weighted by Gasteiger charge is 2.16. The summed E-state index contributed by atoms with van der Waals surface area (Å²) in [6.45, 7) is 0. The third-order valence-electron chi connectivity index (χ3n) is 9.17. The molecule has 0 saturated carbocycles. The summed E-state index contributed by atoms with van der Waals surface area (Å²) in [5.74, 6) is 0. The molecule has 7 aromatic carbocycles. The van der Waals surface area contributed by atoms with Crippen LogP contribution in [-0.4, -0.2) is 0 Å². The first-order valence-electron chi connectivity index (χ1n) is 16.1. The molecule has 5 nitrogen and oxygen atoms in total. The molecule has 49 heavy (non-hydrogen) atoms. The molecule has 9 rings (SSSR count). The van der Waals surface area contributed by atoms with Gasteiger partial charge in [0.1, 0.15) is 11.2 Å². The Balaban J connectivity index is 1.10. The van der Waals surface area contributed by atoms with Gasteiger partial charge in [0.2, 0.25) is 0 Å². The minimum Gasteiger partial charge on any atom is -0.422 e. The molecule has 0 amide bonds. The summed E-state index contributed by atoms with van der Waals surface area (Å²) in [6.07, 6.45) is 0. The van der Waals surface area contributed by atoms with Crippen LogP contribution in [0, 0.1) is 0 Å². The van der Waals surface area contributed by atoms with E-state index in [-0.39, 0.29) is 11.3 Å². The van der Waals surface area contributed by atoms with Crippen LogP contribution >= 0.6 is 0 Å². The van der Waals surface area contributed by atoms with E-state index in [2.05, 4.69) is 17.0 Å². The lowest BCUT2D eigenvalue weighted by molar-refractivity contribution is 0.563. The third-order valence-corrected chi connectivity index (χ3v) is 9.17. The maximum absolute atomic E-state index is 13.1. The molecule has 0 unspecified atom stereocenters. The fourth-order valence-electron chi connectivity index (χ4n) is 6.75. The van der Waals surface area contributed by atoms with Gasteiger partial charge < -0.3 is 13.7 Å². The largest absolute Gasteiger partial charge is 0.422 e. The van der Waals surface area contributed by atoms with Crippen LogP contribution in [-0.2, 0) is 0 Å². The summed E-state index contributed by atoms with van der Waals surface area (Å²) in [5.41, 5.74) is 5.73. The molecule has 9 aromatic rings. The molecule has 0 bridgehead atoms. The number of nitrogens with zero attached hydrogens (tertiary/aromatic N) is 1. The van der Waals surface area contributed by atoms with Crippen LogP contribution in [0.5, 0.6) is 0 Å². The van der Waals surface area contributed by atoms with Gasteiger partial charge >= 0.3 is 11.3 Å². The van der Waals surface area contributed by atoms with Crippen molar-refractivity contribution in [2.75, 3.05) is 4.90 Å². The van der Waals surface area contributed by atoms with E-state index in [1.807, 2.05) is 152 Å². The van der Waals surface area contributed by atoms with Gasteiger partial charge in [0.25, 0.3) is 0 Å². The molecule has 2 aromatic heterocycles. The minimum absolute atomic E-state index is 0.378. The Labute approximate surface area is 280 Å². The molecule has 0 saturated heterocycles. The smallest absolute Gasteiger partial charge is 0.344 e. The van der Waals surface area contributed by atoms with E-state index in [0.717, 1.165) is 60.5 Å². The van der Waals surface area contributed by atoms with Gasteiger partial charge in [-0.2, -0.15) is 0 Å². The second kappa shape index (κ2) is 11.5. The van der Waals surface area contributed by atoms with Crippen molar-refractivity contribution >= 4 is 60.5 Å². The van der Waals surface area contributed by atoms with Crippen LogP contribution in [0.15, 0.2) is 182 Å². The van der Waals surface area contributed by atoms with Crippen molar-refractivity contribution in [2.24, 2.45) is 0 Å². The molecule has 0 fully saturated rings. The molecule has 232 valence electrons. The SMILES string of the molecule is O=c1oc2ccc3ccccc3c2cc1-c1ccc(N(c2ccccc2)c2ccc(-c3cc4c(ccc5ccccc54)oc3=O)cc2)cc1. The van der Waals surface area contributed by atoms with Crippen molar-refractivity contribution in [2.45, 2.75) is 0 Å². The highest BCUT2D eigenvalue weighted by Crippen LogP contribution is 2.37. The summed E-state index contributed by atoms with van der Waals surface area (Å²) < 4.78 is 11.6. The first-order valence-corrected chi connectivity index (χ1v) is 16.1. The lowest BCUT2D eigenvalue weighted by Crippen LogP contribution is -2.10. The Morgan fingerprint density at radius 3 is 1.24 bits per heavy atom. The Bertz CT molecular complexity index is 2620. The van der Waals surface area contributed by atoms with E-state index in [9.17, 15) is 9.59 Å². The number of benzene rings is 7. The summed E-state index contributed by atoms with van der Waals surface area (Å²) >= 11 is 0. The highest BCUT2D eigenvalue weighted by atomic mass is 16.4. The first-order chi connectivity index (χ1) is 24.1. The number of fused-ring (bicyclic) bond motifs is 6. The maximum atomic E-state index is 13.1. The molecule has 5 heteroatoms. The predicted molar refractivity (Wildman–Crippen MR) is 199 cm³/mol. The Morgan fingerprint density at radius 1 is 0.367 bits per heavy atom. The monoisotopic (exact) mass is 633 g/mol. The van der Waals surface area contributed by atoms with Crippen LogP contribution in [0.1, 0.15) is 0 Å². The number of rotatable bonds is 5. The van der Waals surface area contributed by atoms with E-state index in [4.69, 9.17) is 8.83 Å². The van der Waals surface area contributed by atoms with E-state index >= 15 is 0 Å². The standard InChI is InChI=1S/C44H27NO4/c46-43-37(26-39-35-12-6-4-8-28(35)18-24-41(39)48-43)30-14-20-33(21-15-30)45(32-10-2-1-3-11-32)34-22-16-31(17-23-34)38-27-40-36-13-7-5-9-29(36)19-25-42(40)49-44(38)47/h1-27H. The summed E-state index contributed by atoms with van der Waals surface area (Å²) in [4.78, 5) is 28.4. The molecular formula is C44H27NO4. The molecule has 0 aliphatic carbocycles. The Hall–Kier alpha value is -6.72. The zero-order valence-corrected chi connectivity index (χ0v) is 26.2. The van der Waals surface area contributed by atoms with Crippen molar-refractivity contribution in [3.63, 3.8) is 0 Å². The lowest BCUT2D eigenvalue weighted by atomic mass is 10.0. The van der Waals surface area contributed by atoms with E-state index in [1.165, 1.54) is 0 Å². The normalized spacial score (nSPS) is 11.4. The summed E-state index contributed by atoms with van der Waals surface area (Å²) in [5, 5.41) is 6.05. The molecular weight excluding hydrogens is 606 g/mol. The molecule has 2 heterocycles. The Morgan fingerprint density at radius 2 is 0.776 bits per heavy atom. The van der Waals surface area contributed by atoms with Gasteiger partial charge in [-0.3, -0.25) is 0 Å². The van der Waals surface area contributed by atoms with Crippen LogP contribution in [0.3, 0.4) is 0 Å². The highest BCUT2D eigenvalue weighted by molar-refractivity contribution is 6.07. The summed E-state index contributed by atoms with van der Waals surface area (Å²) in [6, 6.07) is 53.6. The Kier molecular flexibility index (Phi) is 6.69. The van der Waals surface area contributed by atoms with Crippen molar-refractivity contribution in [3.05, 3.63) is 185 Å². The van der Waals surface area contributed by atoms with Gasteiger partial charge in [0, 0.05) is 27.8 Å². The van der Waals surface area contributed by atoms with Gasteiger partial charge in [-0.15, -0.1) is 0 Å². The zero-order valence-electron chi connectivity index (χ0n) is 26.2. The first kappa shape index (κ1) is 28.5. The number of hydrogen-bond acceptors (Lipinski definition) is 5. The van der Waals surface area contributed by atoms with Gasteiger partial charge in [0.05, 0.1) is 11.1 Å². The molecule has 0 aliphatic heterocycles. The van der Waals surface area contributed by atoms with Crippen molar-refractivity contribution in [1.82, 2.24) is 0 Å². The topological polar surface area (TPSA) is 63.7 Å². The van der Waals surface area contributed by atoms with Gasteiger partial charge in [-0.25, -0.2) is 9.59 Å². The van der Waals surface area contributed by atoms with E-state index in [1.54, 1.807) is 0 Å². The van der Waals surface area contributed by atoms with Gasteiger partial charge in [-0.05, 0) is 93.3 Å². The maximum Gasteiger partial charge on any atom is 0.344 e. The van der Waals surface area contributed by atoms with Crippen LogP contribution in [0.25, 0.3) is 65.7 Å². The second-order valence-corrected chi connectivity index (χ2v) is 12.1. The fourth-order valence-corrected chi connectivity index (χ4v) is 6.75. The summed E-state index contributed by atoms with van der Waals surface area (Å²) in [7, 11) is 0. The van der Waals surface area contributed by atoms with Crippen LogP contribution in [0.2, 0.25) is 0 Å².